The second-order valence-electron chi connectivity index (χ2n) is 15.3. The quantitative estimate of drug-likeness (QED) is 0.0838. The molecule has 51 heavy (non-hydrogen) atoms. The Morgan fingerprint density at radius 2 is 1.37 bits per heavy atom. The maximum Gasteiger partial charge on any atom is 0.318 e. The van der Waals surface area contributed by atoms with Crippen molar-refractivity contribution in [2.24, 2.45) is 34.5 Å². The van der Waals surface area contributed by atoms with Gasteiger partial charge in [0.2, 0.25) is 0 Å². The van der Waals surface area contributed by atoms with Crippen LogP contribution in [0.1, 0.15) is 146 Å². The van der Waals surface area contributed by atoms with Crippen molar-refractivity contribution >= 4 is 47.4 Å². The fraction of sp³-hybridized carbons (Fsp3) is 0.700. The van der Waals surface area contributed by atoms with Crippen LogP contribution in [0.5, 0.6) is 0 Å². The van der Waals surface area contributed by atoms with E-state index in [-0.39, 0.29) is 76.8 Å². The maximum absolute atomic E-state index is 11.4. The van der Waals surface area contributed by atoms with E-state index < -0.39 is 17.9 Å². The highest BCUT2D eigenvalue weighted by Gasteiger charge is 2.48. The molecule has 3 fully saturated rings. The summed E-state index contributed by atoms with van der Waals surface area (Å²) in [5.74, 6) is -3.00. The Bertz CT molecular complexity index is 1270. The zero-order chi connectivity index (χ0) is 39.5. The molecule has 2 aliphatic heterocycles. The Balaban J connectivity index is 0.000000658. The van der Waals surface area contributed by atoms with Crippen LogP contribution in [0.2, 0.25) is 0 Å². The predicted molar refractivity (Wildman–Crippen MR) is 193 cm³/mol. The number of ketones is 2. The van der Waals surface area contributed by atoms with E-state index in [0.717, 1.165) is 37.7 Å². The summed E-state index contributed by atoms with van der Waals surface area (Å²) in [6.07, 6.45) is 10.9. The van der Waals surface area contributed by atoms with Gasteiger partial charge >= 0.3 is 35.8 Å². The van der Waals surface area contributed by atoms with Gasteiger partial charge in [-0.15, -0.1) is 0 Å². The monoisotopic (exact) mass is 718 g/mol. The molecule has 11 heteroatoms. The lowest BCUT2D eigenvalue weighted by atomic mass is 9.72. The predicted octanol–water partition coefficient (Wildman–Crippen LogP) is 7.76. The first-order chi connectivity index (χ1) is 23.6. The van der Waals surface area contributed by atoms with Crippen molar-refractivity contribution < 1.29 is 52.6 Å². The van der Waals surface area contributed by atoms with Crippen LogP contribution in [0.15, 0.2) is 24.3 Å². The summed E-state index contributed by atoms with van der Waals surface area (Å²) in [5, 5.41) is 0. The third-order valence-electron chi connectivity index (χ3n) is 8.62. The lowest BCUT2D eigenvalue weighted by Gasteiger charge is -2.28. The summed E-state index contributed by atoms with van der Waals surface area (Å²) in [6, 6.07) is 0. The highest BCUT2D eigenvalue weighted by Crippen LogP contribution is 2.40. The van der Waals surface area contributed by atoms with Gasteiger partial charge in [0.15, 0.2) is 0 Å². The van der Waals surface area contributed by atoms with E-state index in [1.807, 2.05) is 53.7 Å². The number of esters is 6. The van der Waals surface area contributed by atoms with Gasteiger partial charge in [0.25, 0.3) is 0 Å². The van der Waals surface area contributed by atoms with Crippen LogP contribution in [-0.2, 0) is 52.6 Å². The largest absolute Gasteiger partial charge is 0.393 e. The van der Waals surface area contributed by atoms with Crippen molar-refractivity contribution in [3.8, 4) is 0 Å². The zero-order valence-electron chi connectivity index (χ0n) is 32.6. The van der Waals surface area contributed by atoms with Crippen molar-refractivity contribution in [2.75, 3.05) is 0 Å². The van der Waals surface area contributed by atoms with Crippen LogP contribution in [-0.4, -0.2) is 47.4 Å². The molecule has 4 atom stereocenters. The average Bonchev–Trinajstić information content (AvgIpc) is 3.59. The van der Waals surface area contributed by atoms with Crippen LogP contribution in [0, 0.1) is 34.5 Å². The Labute approximate surface area is 304 Å². The molecule has 3 aliphatic rings. The molecule has 2 saturated heterocycles. The van der Waals surface area contributed by atoms with Gasteiger partial charge in [0, 0.05) is 25.2 Å². The van der Waals surface area contributed by atoms with E-state index in [1.54, 1.807) is 6.92 Å². The molecule has 288 valence electrons. The number of cyclic esters (lactones) is 4. The van der Waals surface area contributed by atoms with Crippen LogP contribution < -0.4 is 0 Å². The normalized spacial score (nSPS) is 21.5. The number of allylic oxidation sites excluding steroid dienone is 3. The molecule has 0 aromatic carbocycles. The minimum Gasteiger partial charge on any atom is -0.393 e. The number of Topliss-reactive ketones (excluding diaryl/α,β-unsaturated/α-hetero) is 2. The van der Waals surface area contributed by atoms with Crippen LogP contribution in [0.4, 0.5) is 0 Å². The molecule has 0 radical (unpaired) electrons. The molecule has 1 aliphatic carbocycles. The first kappa shape index (κ1) is 47.2. The maximum atomic E-state index is 11.4. The number of carbonyl (C=O) groups excluding carboxylic acids is 8. The van der Waals surface area contributed by atoms with Gasteiger partial charge in [-0.3, -0.25) is 38.4 Å². The van der Waals surface area contributed by atoms with E-state index >= 15 is 0 Å². The lowest BCUT2D eigenvalue weighted by Crippen LogP contribution is -2.31. The zero-order valence-corrected chi connectivity index (χ0v) is 32.6. The van der Waals surface area contributed by atoms with Gasteiger partial charge in [-0.25, -0.2) is 0 Å². The minimum absolute atomic E-state index is 0.0765. The Morgan fingerprint density at radius 1 is 0.804 bits per heavy atom. The van der Waals surface area contributed by atoms with Crippen molar-refractivity contribution in [3.05, 3.63) is 24.3 Å². The topological polar surface area (TPSA) is 164 Å². The first-order valence-corrected chi connectivity index (χ1v) is 18.2. The van der Waals surface area contributed by atoms with Crippen molar-refractivity contribution in [1.29, 1.82) is 0 Å². The molecule has 0 bridgehead atoms. The Kier molecular flexibility index (Phi) is 21.2. The highest BCUT2D eigenvalue weighted by atomic mass is 16.6. The summed E-state index contributed by atoms with van der Waals surface area (Å²) >= 11 is 0. The molecule has 2 heterocycles. The van der Waals surface area contributed by atoms with Gasteiger partial charge in [0.1, 0.15) is 11.6 Å². The summed E-state index contributed by atoms with van der Waals surface area (Å²) in [7, 11) is 0. The van der Waals surface area contributed by atoms with E-state index in [0.29, 0.717) is 32.1 Å². The smallest absolute Gasteiger partial charge is 0.318 e. The number of rotatable bonds is 12. The van der Waals surface area contributed by atoms with Gasteiger partial charge < -0.3 is 14.2 Å². The third kappa shape index (κ3) is 18.9. The van der Waals surface area contributed by atoms with E-state index in [4.69, 9.17) is 0 Å². The molecular formula is C40H62O11. The summed E-state index contributed by atoms with van der Waals surface area (Å²) in [5.41, 5.74) is 1.15. The van der Waals surface area contributed by atoms with Gasteiger partial charge in [0.05, 0.1) is 30.6 Å². The fourth-order valence-electron chi connectivity index (χ4n) is 5.73. The summed E-state index contributed by atoms with van der Waals surface area (Å²) in [4.78, 5) is 87.9. The summed E-state index contributed by atoms with van der Waals surface area (Å²) < 4.78 is 13.4. The molecule has 0 amide bonds. The lowest BCUT2D eigenvalue weighted by molar-refractivity contribution is -0.160. The molecule has 1 saturated carbocycles. The minimum atomic E-state index is -0.411. The number of carbonyl (C=O) groups is 8. The van der Waals surface area contributed by atoms with Gasteiger partial charge in [-0.2, -0.15) is 0 Å². The van der Waals surface area contributed by atoms with Crippen molar-refractivity contribution in [2.45, 2.75) is 146 Å². The standard InChI is InChI=1S/C13H20O2.C10H16O3.C9H12O3.C8H14O3/c1-9(8-13(2,3)4)5-10-6-11(14)7-12(10)15;1-5-10(3,4)7-6(2)8(11)13-9(7)12;1-2-3-4-5-7-6-8(10)12-9(7)11;1-3-5-7(9)11-8(10)6-4-2/h10H,1,5-8H2,2-4H3;6-7H,5H2,1-4H3;3-4,7H,2,5-6H2,1H3;3-6H2,1-2H3/b;;4-3+;. The average molecular weight is 719 g/mol. The second kappa shape index (κ2) is 22.9. The molecule has 4 unspecified atom stereocenters. The van der Waals surface area contributed by atoms with Crippen LogP contribution >= 0.6 is 0 Å². The molecule has 0 aromatic heterocycles. The molecule has 0 aromatic rings. The van der Waals surface area contributed by atoms with Gasteiger partial charge in [-0.1, -0.05) is 100.0 Å². The van der Waals surface area contributed by atoms with Crippen molar-refractivity contribution in [3.63, 3.8) is 0 Å². The molecular weight excluding hydrogens is 656 g/mol. The second-order valence-corrected chi connectivity index (χ2v) is 15.3. The van der Waals surface area contributed by atoms with Crippen molar-refractivity contribution in [1.82, 2.24) is 0 Å². The highest BCUT2D eigenvalue weighted by molar-refractivity contribution is 6.07. The summed E-state index contributed by atoms with van der Waals surface area (Å²) in [6.45, 7) is 24.0. The molecule has 0 spiro atoms. The number of hydrogen-bond acceptors (Lipinski definition) is 11. The van der Waals surface area contributed by atoms with E-state index in [1.165, 1.54) is 0 Å². The van der Waals surface area contributed by atoms with Crippen LogP contribution in [0.25, 0.3) is 0 Å². The number of ether oxygens (including phenoxy) is 3. The van der Waals surface area contributed by atoms with E-state index in [2.05, 4.69) is 41.6 Å². The molecule has 0 N–H and O–H groups in total. The molecule has 3 rings (SSSR count). The number of hydrogen-bond donors (Lipinski definition) is 0. The van der Waals surface area contributed by atoms with Crippen LogP contribution in [0.3, 0.4) is 0 Å². The Hall–Kier alpha value is -3.76. The van der Waals surface area contributed by atoms with E-state index in [9.17, 15) is 38.4 Å². The fourth-order valence-corrected chi connectivity index (χ4v) is 5.73. The first-order valence-electron chi connectivity index (χ1n) is 18.2. The Morgan fingerprint density at radius 3 is 1.75 bits per heavy atom. The SMILES string of the molecule is C=C(CC1CC(=O)CC1=O)CC(C)(C)C.CC/C=C/CC1CC(=O)OC1=O.CCC(C)(C)C1C(=O)OC(=O)C1C.CCCC(=O)OC(=O)CCC. The van der Waals surface area contributed by atoms with Gasteiger partial charge in [-0.05, 0) is 49.4 Å². The molecule has 11 nitrogen and oxygen atoms in total. The third-order valence-corrected chi connectivity index (χ3v) is 8.62.